The van der Waals surface area contributed by atoms with Crippen LogP contribution in [0.1, 0.15) is 35.0 Å². The molecule has 1 aliphatic heterocycles. The maximum atomic E-state index is 10.5. The third-order valence-electron chi connectivity index (χ3n) is 2.31. The summed E-state index contributed by atoms with van der Waals surface area (Å²) in [7, 11) is 0. The molecule has 0 amide bonds. The largest absolute Gasteiger partial charge is 0.477 e. The van der Waals surface area contributed by atoms with Crippen LogP contribution in [0.4, 0.5) is 0 Å². The molecule has 14 heavy (non-hydrogen) atoms. The fourth-order valence-electron chi connectivity index (χ4n) is 1.56. The van der Waals surface area contributed by atoms with Gasteiger partial charge in [0.2, 0.25) is 0 Å². The summed E-state index contributed by atoms with van der Waals surface area (Å²) in [5, 5.41) is 8.65. The predicted octanol–water partition coefficient (Wildman–Crippen LogP) is 1.63. The van der Waals surface area contributed by atoms with E-state index >= 15 is 0 Å². The Balaban J connectivity index is 2.16. The molecule has 0 spiro atoms. The van der Waals surface area contributed by atoms with Crippen LogP contribution in [0.5, 0.6) is 0 Å². The van der Waals surface area contributed by atoms with E-state index in [-0.39, 0.29) is 11.8 Å². The number of pyridine rings is 1. The Bertz CT molecular complexity index is 328. The number of carbonyl (C=O) groups is 1. The molecule has 2 rings (SSSR count). The Morgan fingerprint density at radius 1 is 1.57 bits per heavy atom. The molecule has 1 saturated heterocycles. The van der Waals surface area contributed by atoms with Gasteiger partial charge in [0.25, 0.3) is 0 Å². The van der Waals surface area contributed by atoms with E-state index in [1.165, 1.54) is 6.07 Å². The van der Waals surface area contributed by atoms with Crippen molar-refractivity contribution in [2.45, 2.75) is 18.9 Å². The fraction of sp³-hybridized carbons (Fsp3) is 0.400. The highest BCUT2D eigenvalue weighted by Crippen LogP contribution is 2.27. The topological polar surface area (TPSA) is 59.4 Å². The number of aromatic nitrogens is 1. The van der Waals surface area contributed by atoms with Gasteiger partial charge in [-0.25, -0.2) is 9.78 Å². The number of nitrogens with zero attached hydrogens (tertiary/aromatic N) is 1. The number of ether oxygens (including phenoxy) is 1. The van der Waals surface area contributed by atoms with Gasteiger partial charge in [0.15, 0.2) is 0 Å². The van der Waals surface area contributed by atoms with E-state index in [4.69, 9.17) is 9.84 Å². The average molecular weight is 193 g/mol. The minimum absolute atomic E-state index is 0.0757. The Labute approximate surface area is 81.5 Å². The van der Waals surface area contributed by atoms with Gasteiger partial charge in [-0.05, 0) is 24.5 Å². The lowest BCUT2D eigenvalue weighted by Gasteiger charge is -2.08. The van der Waals surface area contributed by atoms with Crippen molar-refractivity contribution in [3.05, 3.63) is 29.6 Å². The van der Waals surface area contributed by atoms with E-state index in [2.05, 4.69) is 4.98 Å². The van der Waals surface area contributed by atoms with Crippen LogP contribution in [0, 0.1) is 0 Å². The van der Waals surface area contributed by atoms with Gasteiger partial charge in [-0.1, -0.05) is 6.07 Å². The Hall–Kier alpha value is -1.42. The van der Waals surface area contributed by atoms with Crippen LogP contribution in [-0.4, -0.2) is 22.7 Å². The smallest absolute Gasteiger partial charge is 0.354 e. The van der Waals surface area contributed by atoms with Crippen molar-refractivity contribution in [1.29, 1.82) is 0 Å². The van der Waals surface area contributed by atoms with Crippen LogP contribution in [0.3, 0.4) is 0 Å². The van der Waals surface area contributed by atoms with Crippen LogP contribution >= 0.6 is 0 Å². The highest BCUT2D eigenvalue weighted by molar-refractivity contribution is 5.85. The quantitative estimate of drug-likeness (QED) is 0.775. The van der Waals surface area contributed by atoms with Crippen LogP contribution in [0.2, 0.25) is 0 Å². The molecule has 4 nitrogen and oxygen atoms in total. The van der Waals surface area contributed by atoms with Gasteiger partial charge in [0, 0.05) is 12.8 Å². The number of rotatable bonds is 2. The van der Waals surface area contributed by atoms with Gasteiger partial charge in [-0.3, -0.25) is 0 Å². The molecule has 0 aromatic carbocycles. The molecule has 0 saturated carbocycles. The van der Waals surface area contributed by atoms with Crippen LogP contribution in [-0.2, 0) is 4.74 Å². The van der Waals surface area contributed by atoms with Gasteiger partial charge in [-0.15, -0.1) is 0 Å². The monoisotopic (exact) mass is 193 g/mol. The lowest BCUT2D eigenvalue weighted by molar-refractivity contribution is 0.0689. The predicted molar refractivity (Wildman–Crippen MR) is 49.1 cm³/mol. The summed E-state index contributed by atoms with van der Waals surface area (Å²) < 4.78 is 5.45. The first-order valence-electron chi connectivity index (χ1n) is 4.58. The van der Waals surface area contributed by atoms with E-state index in [1.54, 1.807) is 12.3 Å². The average Bonchev–Trinajstić information content (AvgIpc) is 2.71. The zero-order valence-electron chi connectivity index (χ0n) is 7.64. The second kappa shape index (κ2) is 3.75. The maximum Gasteiger partial charge on any atom is 0.354 e. The molecule has 1 N–H and O–H groups in total. The molecule has 1 unspecified atom stereocenters. The molecule has 2 heterocycles. The number of carboxylic acids is 1. The summed E-state index contributed by atoms with van der Waals surface area (Å²) in [6.07, 6.45) is 3.74. The van der Waals surface area contributed by atoms with Gasteiger partial charge in [-0.2, -0.15) is 0 Å². The summed E-state index contributed by atoms with van der Waals surface area (Å²) in [5.74, 6) is -0.996. The number of hydrogen-bond donors (Lipinski definition) is 1. The van der Waals surface area contributed by atoms with E-state index in [0.717, 1.165) is 25.0 Å². The van der Waals surface area contributed by atoms with Gasteiger partial charge < -0.3 is 9.84 Å². The van der Waals surface area contributed by atoms with Crippen molar-refractivity contribution in [1.82, 2.24) is 4.98 Å². The van der Waals surface area contributed by atoms with E-state index < -0.39 is 5.97 Å². The molecule has 1 aromatic rings. The Kier molecular flexibility index (Phi) is 2.45. The van der Waals surface area contributed by atoms with Crippen molar-refractivity contribution in [3.63, 3.8) is 0 Å². The van der Waals surface area contributed by atoms with Gasteiger partial charge in [0.05, 0.1) is 6.10 Å². The highest BCUT2D eigenvalue weighted by atomic mass is 16.5. The first-order chi connectivity index (χ1) is 6.77. The van der Waals surface area contributed by atoms with Crippen molar-refractivity contribution in [2.75, 3.05) is 6.61 Å². The van der Waals surface area contributed by atoms with Crippen molar-refractivity contribution < 1.29 is 14.6 Å². The molecular formula is C10H11NO3. The normalized spacial score (nSPS) is 21.0. The highest BCUT2D eigenvalue weighted by Gasteiger charge is 2.18. The molecule has 0 radical (unpaired) electrons. The molecule has 0 bridgehead atoms. The first-order valence-corrected chi connectivity index (χ1v) is 4.58. The van der Waals surface area contributed by atoms with E-state index in [0.29, 0.717) is 0 Å². The second-order valence-electron chi connectivity index (χ2n) is 3.28. The zero-order chi connectivity index (χ0) is 9.97. The van der Waals surface area contributed by atoms with Crippen molar-refractivity contribution >= 4 is 5.97 Å². The second-order valence-corrected chi connectivity index (χ2v) is 3.28. The Morgan fingerprint density at radius 2 is 2.43 bits per heavy atom. The molecular weight excluding hydrogens is 182 g/mol. The van der Waals surface area contributed by atoms with Gasteiger partial charge in [0.1, 0.15) is 5.69 Å². The van der Waals surface area contributed by atoms with Crippen molar-refractivity contribution in [2.24, 2.45) is 0 Å². The Morgan fingerprint density at radius 3 is 2.93 bits per heavy atom. The van der Waals surface area contributed by atoms with Crippen LogP contribution < -0.4 is 0 Å². The van der Waals surface area contributed by atoms with E-state index in [1.807, 2.05) is 0 Å². The standard InChI is InChI=1S/C10H11NO3/c12-10(13)8-4-3-7(6-11-8)9-2-1-5-14-9/h3-4,6,9H,1-2,5H2,(H,12,13). The molecule has 1 aliphatic rings. The number of aromatic carboxylic acids is 1. The van der Waals surface area contributed by atoms with Crippen LogP contribution in [0.15, 0.2) is 18.3 Å². The maximum absolute atomic E-state index is 10.5. The first kappa shape index (κ1) is 9.15. The fourth-order valence-corrected chi connectivity index (χ4v) is 1.56. The molecule has 0 aliphatic carbocycles. The minimum atomic E-state index is -0.996. The minimum Gasteiger partial charge on any atom is -0.477 e. The lowest BCUT2D eigenvalue weighted by Crippen LogP contribution is -2.02. The summed E-state index contributed by atoms with van der Waals surface area (Å²) >= 11 is 0. The SMILES string of the molecule is O=C(O)c1ccc(C2CCCO2)cn1. The lowest BCUT2D eigenvalue weighted by atomic mass is 10.1. The van der Waals surface area contributed by atoms with Crippen LogP contribution in [0.25, 0.3) is 0 Å². The summed E-state index contributed by atoms with van der Waals surface area (Å²) in [6.45, 7) is 0.783. The molecule has 1 fully saturated rings. The third-order valence-corrected chi connectivity index (χ3v) is 2.31. The van der Waals surface area contributed by atoms with Gasteiger partial charge >= 0.3 is 5.97 Å². The molecule has 1 atom stereocenters. The number of hydrogen-bond acceptors (Lipinski definition) is 3. The summed E-state index contributed by atoms with van der Waals surface area (Å²) in [5.41, 5.74) is 1.04. The zero-order valence-corrected chi connectivity index (χ0v) is 7.64. The third kappa shape index (κ3) is 1.75. The van der Waals surface area contributed by atoms with E-state index in [9.17, 15) is 4.79 Å². The molecule has 1 aromatic heterocycles. The summed E-state index contributed by atoms with van der Waals surface area (Å²) in [4.78, 5) is 14.4. The summed E-state index contributed by atoms with van der Waals surface area (Å²) in [6, 6.07) is 3.28. The molecule has 74 valence electrons. The van der Waals surface area contributed by atoms with Crippen molar-refractivity contribution in [3.8, 4) is 0 Å². The molecule has 4 heteroatoms. The number of carboxylic acid groups (broad SMARTS) is 1.